The van der Waals surface area contributed by atoms with E-state index in [1.54, 1.807) is 0 Å². The van der Waals surface area contributed by atoms with E-state index in [0.29, 0.717) is 11.6 Å². The largest absolute Gasteiger partial charge is 0.371 e. The van der Waals surface area contributed by atoms with Gasteiger partial charge in [-0.25, -0.2) is 18.1 Å². The summed E-state index contributed by atoms with van der Waals surface area (Å²) in [7, 11) is -3.81. The number of nitrogens with zero attached hydrogens (tertiary/aromatic N) is 1. The third-order valence-electron chi connectivity index (χ3n) is 2.75. The zero-order chi connectivity index (χ0) is 14.6. The predicted molar refractivity (Wildman–Crippen MR) is 71.9 cm³/mol. The van der Waals surface area contributed by atoms with Gasteiger partial charge in [0.1, 0.15) is 16.8 Å². The van der Waals surface area contributed by atoms with Crippen LogP contribution in [-0.2, 0) is 14.8 Å². The molecule has 0 unspecified atom stereocenters. The predicted octanol–water partition coefficient (Wildman–Crippen LogP) is 1.41. The third kappa shape index (κ3) is 3.97. The molecule has 0 aromatic carbocycles. The van der Waals surface area contributed by atoms with Crippen LogP contribution in [0.3, 0.4) is 0 Å². The first-order valence-electron chi connectivity index (χ1n) is 6.19. The van der Waals surface area contributed by atoms with E-state index in [0.717, 1.165) is 12.8 Å². The normalized spacial score (nSPS) is 19.1. The van der Waals surface area contributed by atoms with Crippen molar-refractivity contribution in [2.24, 2.45) is 0 Å². The second kappa shape index (κ2) is 6.59. The third-order valence-corrected chi connectivity index (χ3v) is 5.01. The zero-order valence-corrected chi connectivity index (χ0v) is 12.3. The molecule has 9 heteroatoms. The monoisotopic (exact) mass is 322 g/mol. The molecule has 0 aliphatic carbocycles. The Morgan fingerprint density at radius 3 is 3.05 bits per heavy atom. The highest BCUT2D eigenvalue weighted by atomic mass is 32.2. The van der Waals surface area contributed by atoms with Crippen LogP contribution in [0.4, 0.5) is 4.39 Å². The lowest BCUT2D eigenvalue weighted by molar-refractivity contribution is 0.0973. The fraction of sp³-hybridized carbons (Fsp3) is 0.636. The van der Waals surface area contributed by atoms with Crippen LogP contribution in [-0.4, -0.2) is 38.3 Å². The molecule has 1 aliphatic heterocycles. The molecule has 0 radical (unpaired) electrons. The maximum atomic E-state index is 12.0. The molecular formula is C11H15FN2O4S2. The first-order valence-corrected chi connectivity index (χ1v) is 8.73. The number of hydrogen-bond acceptors (Lipinski definition) is 6. The Kier molecular flexibility index (Phi) is 5.06. The quantitative estimate of drug-likeness (QED) is 0.856. The van der Waals surface area contributed by atoms with Gasteiger partial charge in [0.15, 0.2) is 0 Å². The van der Waals surface area contributed by atoms with Crippen molar-refractivity contribution in [3.63, 3.8) is 0 Å². The molecule has 2 heterocycles. The SMILES string of the molecule is O=C(NS(=O)(=O)CCCF)c1csc([C@H]2CCCO2)n1. The maximum Gasteiger partial charge on any atom is 0.284 e. The smallest absolute Gasteiger partial charge is 0.284 e. The molecule has 1 aromatic rings. The van der Waals surface area contributed by atoms with Gasteiger partial charge in [-0.1, -0.05) is 0 Å². The van der Waals surface area contributed by atoms with Crippen LogP contribution < -0.4 is 4.72 Å². The number of nitrogens with one attached hydrogen (secondary N) is 1. The van der Waals surface area contributed by atoms with Gasteiger partial charge in [0, 0.05) is 12.0 Å². The first kappa shape index (κ1) is 15.3. The van der Waals surface area contributed by atoms with Crippen LogP contribution in [0.1, 0.15) is 40.9 Å². The molecule has 1 N–H and O–H groups in total. The Morgan fingerprint density at radius 2 is 2.40 bits per heavy atom. The Bertz CT molecular complexity index is 567. The highest BCUT2D eigenvalue weighted by Gasteiger charge is 2.23. The minimum Gasteiger partial charge on any atom is -0.371 e. The zero-order valence-electron chi connectivity index (χ0n) is 10.7. The second-order valence-electron chi connectivity index (χ2n) is 4.37. The van der Waals surface area contributed by atoms with E-state index < -0.39 is 28.4 Å². The Hall–Kier alpha value is -1.06. The number of amides is 1. The highest BCUT2D eigenvalue weighted by molar-refractivity contribution is 7.90. The minimum atomic E-state index is -3.81. The molecule has 1 fully saturated rings. The van der Waals surface area contributed by atoms with Crippen molar-refractivity contribution in [3.8, 4) is 0 Å². The molecule has 112 valence electrons. The molecule has 1 saturated heterocycles. The van der Waals surface area contributed by atoms with Crippen molar-refractivity contribution in [2.75, 3.05) is 19.0 Å². The second-order valence-corrected chi connectivity index (χ2v) is 7.10. The number of aromatic nitrogens is 1. The number of thiazole rings is 1. The number of sulfonamides is 1. The lowest BCUT2D eigenvalue weighted by atomic mass is 10.2. The topological polar surface area (TPSA) is 85.4 Å². The van der Waals surface area contributed by atoms with Crippen molar-refractivity contribution in [1.82, 2.24) is 9.71 Å². The number of rotatable bonds is 6. The fourth-order valence-electron chi connectivity index (χ4n) is 1.80. The van der Waals surface area contributed by atoms with Crippen LogP contribution in [0.5, 0.6) is 0 Å². The van der Waals surface area contributed by atoms with E-state index >= 15 is 0 Å². The number of halogens is 1. The van der Waals surface area contributed by atoms with Gasteiger partial charge < -0.3 is 4.74 Å². The summed E-state index contributed by atoms with van der Waals surface area (Å²) in [6.45, 7) is -0.0711. The Morgan fingerprint density at radius 1 is 1.60 bits per heavy atom. The average Bonchev–Trinajstić information content (AvgIpc) is 3.05. The van der Waals surface area contributed by atoms with Gasteiger partial charge in [0.05, 0.1) is 12.4 Å². The molecule has 0 saturated carbocycles. The molecular weight excluding hydrogens is 307 g/mol. The molecule has 1 atom stereocenters. The summed E-state index contributed by atoms with van der Waals surface area (Å²) in [6.07, 6.45) is 1.55. The van der Waals surface area contributed by atoms with E-state index in [1.807, 2.05) is 4.72 Å². The van der Waals surface area contributed by atoms with Gasteiger partial charge in [0.25, 0.3) is 5.91 Å². The van der Waals surface area contributed by atoms with Gasteiger partial charge in [-0.2, -0.15) is 0 Å². The van der Waals surface area contributed by atoms with Crippen LogP contribution in [0.25, 0.3) is 0 Å². The van der Waals surface area contributed by atoms with Gasteiger partial charge in [0.2, 0.25) is 10.0 Å². The number of ether oxygens (including phenoxy) is 1. The molecule has 0 bridgehead atoms. The van der Waals surface area contributed by atoms with Crippen molar-refractivity contribution >= 4 is 27.3 Å². The van der Waals surface area contributed by atoms with Crippen molar-refractivity contribution in [2.45, 2.75) is 25.4 Å². The Balaban J connectivity index is 1.99. The molecule has 0 spiro atoms. The molecule has 1 aliphatic rings. The van der Waals surface area contributed by atoms with E-state index in [9.17, 15) is 17.6 Å². The van der Waals surface area contributed by atoms with Crippen LogP contribution in [0, 0.1) is 0 Å². The summed E-state index contributed by atoms with van der Waals surface area (Å²) in [4.78, 5) is 15.9. The molecule has 6 nitrogen and oxygen atoms in total. The summed E-state index contributed by atoms with van der Waals surface area (Å²) >= 11 is 1.27. The minimum absolute atomic E-state index is 0.0457. The lowest BCUT2D eigenvalue weighted by Gasteiger charge is -2.05. The maximum absolute atomic E-state index is 12.0. The number of carbonyl (C=O) groups excluding carboxylic acids is 1. The van der Waals surface area contributed by atoms with Crippen molar-refractivity contribution in [3.05, 3.63) is 16.1 Å². The molecule has 1 amide bonds. The Labute approximate surface area is 120 Å². The summed E-state index contributed by atoms with van der Waals surface area (Å²) in [5.41, 5.74) is 0.0457. The fourth-order valence-corrected chi connectivity index (χ4v) is 3.66. The summed E-state index contributed by atoms with van der Waals surface area (Å²) in [5, 5.41) is 2.17. The summed E-state index contributed by atoms with van der Waals surface area (Å²) in [5.74, 6) is -1.21. The van der Waals surface area contributed by atoms with Crippen LogP contribution >= 0.6 is 11.3 Å². The lowest BCUT2D eigenvalue weighted by Crippen LogP contribution is -2.32. The van der Waals surface area contributed by atoms with Crippen molar-refractivity contribution in [1.29, 1.82) is 0 Å². The van der Waals surface area contributed by atoms with Gasteiger partial charge >= 0.3 is 0 Å². The number of hydrogen-bond donors (Lipinski definition) is 1. The van der Waals surface area contributed by atoms with Crippen LogP contribution in [0.2, 0.25) is 0 Å². The number of carbonyl (C=O) groups is 1. The van der Waals surface area contributed by atoms with E-state index in [-0.39, 0.29) is 18.2 Å². The summed E-state index contributed by atoms with van der Waals surface area (Å²) in [6, 6.07) is 0. The highest BCUT2D eigenvalue weighted by Crippen LogP contribution is 2.30. The van der Waals surface area contributed by atoms with E-state index in [1.165, 1.54) is 16.7 Å². The van der Waals surface area contributed by atoms with E-state index in [4.69, 9.17) is 4.74 Å². The standard InChI is InChI=1S/C11H15FN2O4S2/c12-4-2-6-20(16,17)14-10(15)8-7-19-11(13-8)9-3-1-5-18-9/h7,9H,1-6H2,(H,14,15)/t9-/m1/s1. The van der Waals surface area contributed by atoms with E-state index in [2.05, 4.69) is 4.98 Å². The molecule has 20 heavy (non-hydrogen) atoms. The van der Waals surface area contributed by atoms with Crippen LogP contribution in [0.15, 0.2) is 5.38 Å². The number of alkyl halides is 1. The molecule has 2 rings (SSSR count). The molecule has 1 aromatic heterocycles. The van der Waals surface area contributed by atoms with Gasteiger partial charge in [-0.05, 0) is 19.3 Å². The van der Waals surface area contributed by atoms with Crippen molar-refractivity contribution < 1.29 is 22.3 Å². The average molecular weight is 322 g/mol. The summed E-state index contributed by atoms with van der Waals surface area (Å²) < 4.78 is 42.3. The first-order chi connectivity index (χ1) is 9.52. The van der Waals surface area contributed by atoms with Gasteiger partial charge in [-0.15, -0.1) is 11.3 Å². The van der Waals surface area contributed by atoms with Gasteiger partial charge in [-0.3, -0.25) is 9.18 Å².